The van der Waals surface area contributed by atoms with Crippen LogP contribution in [0.15, 0.2) is 24.3 Å². The fourth-order valence-corrected chi connectivity index (χ4v) is 3.77. The number of rotatable bonds is 7. The maximum absolute atomic E-state index is 13.5. The van der Waals surface area contributed by atoms with Gasteiger partial charge >= 0.3 is 5.97 Å². The van der Waals surface area contributed by atoms with Gasteiger partial charge in [-0.2, -0.15) is 0 Å². The van der Waals surface area contributed by atoms with Gasteiger partial charge in [-0.3, -0.25) is 9.59 Å². The molecule has 1 amide bonds. The fraction of sp³-hybridized carbons (Fsp3) is 0.435. The van der Waals surface area contributed by atoms with Crippen molar-refractivity contribution in [3.05, 3.63) is 57.4 Å². The lowest BCUT2D eigenvalue weighted by molar-refractivity contribution is 0.0587. The molecule has 0 N–H and O–H groups in total. The first kappa shape index (κ1) is 23.7. The van der Waals surface area contributed by atoms with Gasteiger partial charge in [0, 0.05) is 35.4 Å². The molecule has 0 spiro atoms. The first-order valence-corrected chi connectivity index (χ1v) is 10.2. The van der Waals surface area contributed by atoms with Gasteiger partial charge in [0.2, 0.25) is 0 Å². The average Bonchev–Trinajstić information content (AvgIpc) is 2.93. The van der Waals surface area contributed by atoms with Crippen LogP contribution in [0.2, 0.25) is 5.02 Å². The van der Waals surface area contributed by atoms with Gasteiger partial charge in [0.05, 0.1) is 13.2 Å². The van der Waals surface area contributed by atoms with E-state index in [1.807, 2.05) is 13.8 Å². The molecular formula is C23H29ClN2O4. The number of ketones is 1. The third-order valence-electron chi connectivity index (χ3n) is 5.32. The molecule has 6 nitrogen and oxygen atoms in total. The normalized spacial score (nSPS) is 12.0. The van der Waals surface area contributed by atoms with Gasteiger partial charge in [-0.05, 0) is 56.5 Å². The Morgan fingerprint density at radius 2 is 1.67 bits per heavy atom. The summed E-state index contributed by atoms with van der Waals surface area (Å²) in [4.78, 5) is 40.5. The molecule has 0 saturated heterocycles. The molecule has 0 aliphatic rings. The van der Waals surface area contributed by atoms with Crippen LogP contribution in [0.5, 0.6) is 0 Å². The summed E-state index contributed by atoms with van der Waals surface area (Å²) in [5.74, 6) is -0.777. The first-order valence-electron chi connectivity index (χ1n) is 9.86. The molecule has 0 saturated carbocycles. The first-order chi connectivity index (χ1) is 14.0. The lowest BCUT2D eigenvalue weighted by Crippen LogP contribution is -2.45. The Morgan fingerprint density at radius 3 is 2.17 bits per heavy atom. The number of hydrogen-bond acceptors (Lipinski definition) is 4. The van der Waals surface area contributed by atoms with Crippen molar-refractivity contribution in [2.24, 2.45) is 13.0 Å². The third-order valence-corrected chi connectivity index (χ3v) is 5.57. The minimum Gasteiger partial charge on any atom is -0.464 e. The zero-order chi connectivity index (χ0) is 22.7. The second-order valence-corrected chi connectivity index (χ2v) is 8.32. The molecule has 2 aromatic rings. The van der Waals surface area contributed by atoms with Gasteiger partial charge in [-0.15, -0.1) is 0 Å². The fourth-order valence-electron chi connectivity index (χ4n) is 3.65. The quantitative estimate of drug-likeness (QED) is 0.478. The highest BCUT2D eigenvalue weighted by Gasteiger charge is 2.33. The molecular weight excluding hydrogens is 404 g/mol. The Bertz CT molecular complexity index is 961. The molecule has 1 atom stereocenters. The predicted octanol–water partition coefficient (Wildman–Crippen LogP) is 4.45. The molecule has 2 rings (SSSR count). The van der Waals surface area contributed by atoms with E-state index >= 15 is 0 Å². The molecule has 1 aromatic heterocycles. The SMILES string of the molecule is COC(=O)c1c(C)c(C(=O)[C@H](C)N(CC(C)C)C(=O)c2ccc(Cl)cc2)c(C)n1C. The molecule has 0 aliphatic carbocycles. The van der Waals surface area contributed by atoms with Crippen molar-refractivity contribution in [2.75, 3.05) is 13.7 Å². The average molecular weight is 433 g/mol. The van der Waals surface area contributed by atoms with E-state index in [1.165, 1.54) is 7.11 Å². The molecule has 0 aliphatic heterocycles. The highest BCUT2D eigenvalue weighted by Crippen LogP contribution is 2.25. The zero-order valence-corrected chi connectivity index (χ0v) is 19.3. The maximum Gasteiger partial charge on any atom is 0.354 e. The molecule has 1 aromatic carbocycles. The molecule has 0 bridgehead atoms. The van der Waals surface area contributed by atoms with E-state index in [0.717, 1.165) is 0 Å². The van der Waals surface area contributed by atoms with E-state index < -0.39 is 12.0 Å². The zero-order valence-electron chi connectivity index (χ0n) is 18.6. The maximum atomic E-state index is 13.5. The number of esters is 1. The summed E-state index contributed by atoms with van der Waals surface area (Å²) >= 11 is 5.94. The molecule has 1 heterocycles. The number of halogens is 1. The number of carbonyl (C=O) groups excluding carboxylic acids is 3. The van der Waals surface area contributed by atoms with Crippen molar-refractivity contribution >= 4 is 29.3 Å². The molecule has 0 radical (unpaired) electrons. The monoisotopic (exact) mass is 432 g/mol. The number of carbonyl (C=O) groups is 3. The standard InChI is InChI=1S/C23H29ClN2O4/c1-13(2)12-26(22(28)17-8-10-18(24)11-9-17)16(5)21(27)19-14(3)20(23(29)30-7)25(6)15(19)4/h8-11,13,16H,12H2,1-7H3/t16-/m0/s1. The Hall–Kier alpha value is -2.60. The van der Waals surface area contributed by atoms with Gasteiger partial charge < -0.3 is 14.2 Å². The highest BCUT2D eigenvalue weighted by molar-refractivity contribution is 6.30. The van der Waals surface area contributed by atoms with E-state index in [2.05, 4.69) is 0 Å². The number of Topliss-reactive ketones (excluding diaryl/α,β-unsaturated/α-hetero) is 1. The van der Waals surface area contributed by atoms with Crippen molar-refractivity contribution in [1.29, 1.82) is 0 Å². The topological polar surface area (TPSA) is 68.6 Å². The van der Waals surface area contributed by atoms with Crippen molar-refractivity contribution in [3.8, 4) is 0 Å². The van der Waals surface area contributed by atoms with E-state index in [-0.39, 0.29) is 17.6 Å². The summed E-state index contributed by atoms with van der Waals surface area (Å²) in [6.45, 7) is 9.65. The number of hydrogen-bond donors (Lipinski definition) is 0. The minimum atomic E-state index is -0.708. The smallest absolute Gasteiger partial charge is 0.354 e. The summed E-state index contributed by atoms with van der Waals surface area (Å²) in [6.07, 6.45) is 0. The van der Waals surface area contributed by atoms with Crippen LogP contribution in [-0.4, -0.2) is 46.8 Å². The lowest BCUT2D eigenvalue weighted by atomic mass is 9.98. The molecule has 0 fully saturated rings. The van der Waals surface area contributed by atoms with Crippen LogP contribution < -0.4 is 0 Å². The number of amides is 1. The van der Waals surface area contributed by atoms with Crippen LogP contribution >= 0.6 is 11.6 Å². The number of ether oxygens (including phenoxy) is 1. The van der Waals surface area contributed by atoms with Crippen molar-refractivity contribution < 1.29 is 19.1 Å². The molecule has 162 valence electrons. The van der Waals surface area contributed by atoms with Gasteiger partial charge in [-0.1, -0.05) is 25.4 Å². The molecule has 0 unspecified atom stereocenters. The van der Waals surface area contributed by atoms with E-state index in [1.54, 1.807) is 61.6 Å². The number of benzene rings is 1. The largest absolute Gasteiger partial charge is 0.464 e. The second kappa shape index (κ2) is 9.47. The Balaban J connectivity index is 2.47. The summed E-state index contributed by atoms with van der Waals surface area (Å²) in [5, 5.41) is 0.539. The number of aromatic nitrogens is 1. The number of nitrogens with zero attached hydrogens (tertiary/aromatic N) is 2. The summed E-state index contributed by atoms with van der Waals surface area (Å²) in [5.41, 5.74) is 2.47. The van der Waals surface area contributed by atoms with E-state index in [4.69, 9.17) is 16.3 Å². The van der Waals surface area contributed by atoms with E-state index in [0.29, 0.717) is 39.6 Å². The summed E-state index contributed by atoms with van der Waals surface area (Å²) < 4.78 is 6.53. The summed E-state index contributed by atoms with van der Waals surface area (Å²) in [6, 6.07) is 5.92. The van der Waals surface area contributed by atoms with Gasteiger partial charge in [0.25, 0.3) is 5.91 Å². The van der Waals surface area contributed by atoms with E-state index in [9.17, 15) is 14.4 Å². The van der Waals surface area contributed by atoms with Crippen LogP contribution in [0, 0.1) is 19.8 Å². The van der Waals surface area contributed by atoms with Crippen molar-refractivity contribution in [3.63, 3.8) is 0 Å². The van der Waals surface area contributed by atoms with Gasteiger partial charge in [0.15, 0.2) is 5.78 Å². The van der Waals surface area contributed by atoms with Crippen molar-refractivity contribution in [2.45, 2.75) is 40.7 Å². The Kier molecular flexibility index (Phi) is 7.48. The van der Waals surface area contributed by atoms with Crippen molar-refractivity contribution in [1.82, 2.24) is 9.47 Å². The predicted molar refractivity (Wildman–Crippen MR) is 117 cm³/mol. The van der Waals surface area contributed by atoms with Gasteiger partial charge in [-0.25, -0.2) is 4.79 Å². The third kappa shape index (κ3) is 4.59. The molecule has 7 heteroatoms. The second-order valence-electron chi connectivity index (χ2n) is 7.88. The Morgan fingerprint density at radius 1 is 1.10 bits per heavy atom. The van der Waals surface area contributed by atoms with Crippen LogP contribution in [0.1, 0.15) is 63.2 Å². The Labute approximate surface area is 182 Å². The molecule has 30 heavy (non-hydrogen) atoms. The van der Waals surface area contributed by atoms with Crippen LogP contribution in [-0.2, 0) is 11.8 Å². The van der Waals surface area contributed by atoms with Crippen LogP contribution in [0.25, 0.3) is 0 Å². The highest BCUT2D eigenvalue weighted by atomic mass is 35.5. The van der Waals surface area contributed by atoms with Gasteiger partial charge in [0.1, 0.15) is 5.69 Å². The lowest BCUT2D eigenvalue weighted by Gasteiger charge is -2.30. The summed E-state index contributed by atoms with van der Waals surface area (Å²) in [7, 11) is 3.03. The van der Waals surface area contributed by atoms with Crippen LogP contribution in [0.3, 0.4) is 0 Å². The van der Waals surface area contributed by atoms with Crippen LogP contribution in [0.4, 0.5) is 0 Å². The number of methoxy groups -OCH3 is 1. The minimum absolute atomic E-state index is 0.167.